The predicted octanol–water partition coefficient (Wildman–Crippen LogP) is 2.98. The van der Waals surface area contributed by atoms with Crippen molar-refractivity contribution in [1.82, 2.24) is 0 Å². The number of rotatable bonds is 4. The molecule has 0 unspecified atom stereocenters. The molecule has 0 spiro atoms. The third-order valence-electron chi connectivity index (χ3n) is 1.61. The number of nitrogens with zero attached hydrogens (tertiary/aromatic N) is 1. The Bertz CT molecular complexity index is 310. The van der Waals surface area contributed by atoms with E-state index in [1.807, 2.05) is 13.8 Å². The molecule has 0 aromatic heterocycles. The first-order valence-corrected chi connectivity index (χ1v) is 4.59. The molecular weight excluding hydrogens is 181 g/mol. The first-order valence-electron chi connectivity index (χ1n) is 4.59. The SMILES string of the molecule is CC(C)C=NOCc1ccccc1F. The van der Waals surface area contributed by atoms with Crippen LogP contribution in [-0.4, -0.2) is 6.21 Å². The maximum absolute atomic E-state index is 13.0. The zero-order valence-electron chi connectivity index (χ0n) is 8.40. The van der Waals surface area contributed by atoms with E-state index >= 15 is 0 Å². The van der Waals surface area contributed by atoms with Gasteiger partial charge in [0.2, 0.25) is 0 Å². The molecule has 0 bridgehead atoms. The van der Waals surface area contributed by atoms with Gasteiger partial charge in [-0.15, -0.1) is 0 Å². The summed E-state index contributed by atoms with van der Waals surface area (Å²) in [7, 11) is 0. The molecule has 0 aliphatic heterocycles. The minimum atomic E-state index is -0.257. The van der Waals surface area contributed by atoms with Gasteiger partial charge in [0, 0.05) is 11.8 Å². The van der Waals surface area contributed by atoms with Crippen molar-refractivity contribution in [3.05, 3.63) is 35.6 Å². The van der Waals surface area contributed by atoms with Crippen molar-refractivity contribution in [2.45, 2.75) is 20.5 Å². The summed E-state index contributed by atoms with van der Waals surface area (Å²) in [4.78, 5) is 4.94. The zero-order chi connectivity index (χ0) is 10.4. The van der Waals surface area contributed by atoms with Crippen LogP contribution in [0.5, 0.6) is 0 Å². The first-order chi connectivity index (χ1) is 6.70. The first kappa shape index (κ1) is 10.7. The molecule has 0 N–H and O–H groups in total. The summed E-state index contributed by atoms with van der Waals surface area (Å²) in [5, 5.41) is 3.72. The van der Waals surface area contributed by atoms with Crippen LogP contribution in [0.2, 0.25) is 0 Å². The summed E-state index contributed by atoms with van der Waals surface area (Å²) >= 11 is 0. The quantitative estimate of drug-likeness (QED) is 0.534. The smallest absolute Gasteiger partial charge is 0.145 e. The lowest BCUT2D eigenvalue weighted by Gasteiger charge is -2.01. The van der Waals surface area contributed by atoms with Crippen molar-refractivity contribution in [3.8, 4) is 0 Å². The second kappa shape index (κ2) is 5.37. The van der Waals surface area contributed by atoms with Gasteiger partial charge in [-0.25, -0.2) is 4.39 Å². The Morgan fingerprint density at radius 2 is 2.14 bits per heavy atom. The normalized spacial score (nSPS) is 11.1. The Labute approximate surface area is 83.4 Å². The molecule has 0 saturated carbocycles. The predicted molar refractivity (Wildman–Crippen MR) is 54.5 cm³/mol. The highest BCUT2D eigenvalue weighted by molar-refractivity contribution is 5.58. The van der Waals surface area contributed by atoms with Crippen molar-refractivity contribution >= 4 is 6.21 Å². The van der Waals surface area contributed by atoms with Crippen molar-refractivity contribution < 1.29 is 9.23 Å². The summed E-state index contributed by atoms with van der Waals surface area (Å²) < 4.78 is 13.0. The number of oxime groups is 1. The van der Waals surface area contributed by atoms with Crippen LogP contribution >= 0.6 is 0 Å². The van der Waals surface area contributed by atoms with E-state index in [0.29, 0.717) is 11.5 Å². The molecule has 2 nitrogen and oxygen atoms in total. The fourth-order valence-electron chi connectivity index (χ4n) is 0.887. The molecule has 14 heavy (non-hydrogen) atoms. The third-order valence-corrected chi connectivity index (χ3v) is 1.61. The second-order valence-corrected chi connectivity index (χ2v) is 3.36. The minimum absolute atomic E-state index is 0.176. The van der Waals surface area contributed by atoms with Gasteiger partial charge in [-0.1, -0.05) is 37.2 Å². The molecule has 0 amide bonds. The van der Waals surface area contributed by atoms with E-state index in [2.05, 4.69) is 5.16 Å². The summed E-state index contributed by atoms with van der Waals surface area (Å²) in [6.45, 7) is 4.17. The number of hydrogen-bond donors (Lipinski definition) is 0. The molecule has 0 heterocycles. The van der Waals surface area contributed by atoms with Crippen LogP contribution in [0.1, 0.15) is 19.4 Å². The van der Waals surface area contributed by atoms with E-state index in [4.69, 9.17) is 4.84 Å². The van der Waals surface area contributed by atoms with Crippen LogP contribution in [0.15, 0.2) is 29.4 Å². The highest BCUT2D eigenvalue weighted by Crippen LogP contribution is 2.07. The van der Waals surface area contributed by atoms with Gasteiger partial charge < -0.3 is 4.84 Å². The highest BCUT2D eigenvalue weighted by Gasteiger charge is 1.99. The summed E-state index contributed by atoms with van der Waals surface area (Å²) in [6.07, 6.45) is 1.68. The van der Waals surface area contributed by atoms with Gasteiger partial charge in [-0.2, -0.15) is 0 Å². The van der Waals surface area contributed by atoms with Crippen LogP contribution in [0.4, 0.5) is 4.39 Å². The van der Waals surface area contributed by atoms with Gasteiger partial charge in [0.15, 0.2) is 0 Å². The largest absolute Gasteiger partial charge is 0.391 e. The summed E-state index contributed by atoms with van der Waals surface area (Å²) in [6, 6.07) is 6.51. The standard InChI is InChI=1S/C11H14FNO/c1-9(2)7-13-14-8-10-5-3-4-6-11(10)12/h3-7,9H,8H2,1-2H3. The maximum Gasteiger partial charge on any atom is 0.145 e. The van der Waals surface area contributed by atoms with Gasteiger partial charge in [0.05, 0.1) is 0 Å². The monoisotopic (exact) mass is 195 g/mol. The van der Waals surface area contributed by atoms with E-state index in [1.165, 1.54) is 6.07 Å². The average molecular weight is 195 g/mol. The number of hydrogen-bond acceptors (Lipinski definition) is 2. The van der Waals surface area contributed by atoms with E-state index in [1.54, 1.807) is 24.4 Å². The van der Waals surface area contributed by atoms with Gasteiger partial charge >= 0.3 is 0 Å². The van der Waals surface area contributed by atoms with E-state index in [9.17, 15) is 4.39 Å². The Morgan fingerprint density at radius 1 is 1.43 bits per heavy atom. The lowest BCUT2D eigenvalue weighted by Crippen LogP contribution is -1.93. The minimum Gasteiger partial charge on any atom is -0.391 e. The van der Waals surface area contributed by atoms with Crippen molar-refractivity contribution in [1.29, 1.82) is 0 Å². The molecule has 1 aromatic rings. The topological polar surface area (TPSA) is 21.6 Å². The van der Waals surface area contributed by atoms with Crippen LogP contribution in [0.3, 0.4) is 0 Å². The Kier molecular flexibility index (Phi) is 4.11. The summed E-state index contributed by atoms with van der Waals surface area (Å²) in [5.74, 6) is 0.0860. The van der Waals surface area contributed by atoms with Gasteiger partial charge in [0.25, 0.3) is 0 Å². The molecule has 0 atom stereocenters. The van der Waals surface area contributed by atoms with Gasteiger partial charge in [-0.05, 0) is 12.0 Å². The zero-order valence-corrected chi connectivity index (χ0v) is 8.40. The number of halogens is 1. The lowest BCUT2D eigenvalue weighted by molar-refractivity contribution is 0.128. The van der Waals surface area contributed by atoms with Crippen LogP contribution in [-0.2, 0) is 11.4 Å². The van der Waals surface area contributed by atoms with Crippen molar-refractivity contribution in [3.63, 3.8) is 0 Å². The summed E-state index contributed by atoms with van der Waals surface area (Å²) in [5.41, 5.74) is 0.522. The van der Waals surface area contributed by atoms with E-state index < -0.39 is 0 Å². The van der Waals surface area contributed by atoms with Crippen LogP contribution in [0, 0.1) is 11.7 Å². The highest BCUT2D eigenvalue weighted by atomic mass is 19.1. The molecule has 0 aliphatic rings. The Hall–Kier alpha value is -1.38. The molecule has 0 radical (unpaired) electrons. The van der Waals surface area contributed by atoms with E-state index in [-0.39, 0.29) is 12.4 Å². The van der Waals surface area contributed by atoms with Gasteiger partial charge in [-0.3, -0.25) is 0 Å². The Morgan fingerprint density at radius 3 is 2.79 bits per heavy atom. The van der Waals surface area contributed by atoms with Gasteiger partial charge in [0.1, 0.15) is 12.4 Å². The van der Waals surface area contributed by atoms with E-state index in [0.717, 1.165) is 0 Å². The molecule has 1 aromatic carbocycles. The molecule has 0 saturated heterocycles. The molecule has 3 heteroatoms. The fourth-order valence-corrected chi connectivity index (χ4v) is 0.887. The maximum atomic E-state index is 13.0. The molecule has 76 valence electrons. The van der Waals surface area contributed by atoms with Crippen LogP contribution in [0.25, 0.3) is 0 Å². The van der Waals surface area contributed by atoms with Crippen LogP contribution < -0.4 is 0 Å². The second-order valence-electron chi connectivity index (χ2n) is 3.36. The molecule has 0 fully saturated rings. The molecule has 1 rings (SSSR count). The Balaban J connectivity index is 2.42. The fraction of sp³-hybridized carbons (Fsp3) is 0.364. The lowest BCUT2D eigenvalue weighted by atomic mass is 10.2. The molecular formula is C11H14FNO. The van der Waals surface area contributed by atoms with Crippen molar-refractivity contribution in [2.24, 2.45) is 11.1 Å². The molecule has 0 aliphatic carbocycles. The number of benzene rings is 1. The third kappa shape index (κ3) is 3.56. The average Bonchev–Trinajstić information content (AvgIpc) is 2.15. The van der Waals surface area contributed by atoms with Crippen molar-refractivity contribution in [2.75, 3.05) is 0 Å².